The van der Waals surface area contributed by atoms with Crippen LogP contribution in [-0.4, -0.2) is 47.4 Å². The maximum Gasteiger partial charge on any atom is 0.433 e. The number of aliphatic hydroxyl groups is 1. The van der Waals surface area contributed by atoms with Crippen molar-refractivity contribution in [1.29, 1.82) is 0 Å². The minimum Gasteiger partial charge on any atom is -0.394 e. The third kappa shape index (κ3) is 6.28. The summed E-state index contributed by atoms with van der Waals surface area (Å²) >= 11 is 0. The van der Waals surface area contributed by atoms with Crippen molar-refractivity contribution in [2.75, 3.05) is 36.9 Å². The summed E-state index contributed by atoms with van der Waals surface area (Å²) in [6.45, 7) is 6.05. The van der Waals surface area contributed by atoms with Gasteiger partial charge in [-0.15, -0.1) is 0 Å². The molecule has 2 heterocycles. The molecule has 4 N–H and O–H groups in total. The van der Waals surface area contributed by atoms with Crippen LogP contribution in [0.5, 0.6) is 0 Å². The number of rotatable bonds is 8. The standard InChI is InChI=1S/C17H28F3N5O/c1-11(2)13(10-26)23-16-24-14(17(18,19)20)9-15(25-16)22-8-5-12-3-6-21-7-4-12/h9,11-13,21,26H,3-8,10H2,1-2H3,(H2,22,23,24,25)/t13-/m1/s1. The van der Waals surface area contributed by atoms with E-state index in [1.165, 1.54) is 0 Å². The molecule has 1 aromatic heterocycles. The van der Waals surface area contributed by atoms with Gasteiger partial charge < -0.3 is 21.1 Å². The Bertz CT molecular complexity index is 562. The summed E-state index contributed by atoms with van der Waals surface area (Å²) < 4.78 is 39.4. The van der Waals surface area contributed by atoms with Crippen LogP contribution in [0.4, 0.5) is 24.9 Å². The fourth-order valence-corrected chi connectivity index (χ4v) is 2.91. The van der Waals surface area contributed by atoms with E-state index >= 15 is 0 Å². The second kappa shape index (κ2) is 9.36. The van der Waals surface area contributed by atoms with Crippen molar-refractivity contribution < 1.29 is 18.3 Å². The van der Waals surface area contributed by atoms with E-state index < -0.39 is 17.9 Å². The number of anilines is 2. The SMILES string of the molecule is CC(C)[C@@H](CO)Nc1nc(NCCC2CCNCC2)cc(C(F)(F)F)n1. The van der Waals surface area contributed by atoms with E-state index in [9.17, 15) is 18.3 Å². The van der Waals surface area contributed by atoms with Crippen molar-refractivity contribution in [2.45, 2.75) is 45.3 Å². The smallest absolute Gasteiger partial charge is 0.394 e. The molecule has 26 heavy (non-hydrogen) atoms. The second-order valence-electron chi connectivity index (χ2n) is 7.05. The highest BCUT2D eigenvalue weighted by molar-refractivity contribution is 5.43. The first-order chi connectivity index (χ1) is 12.3. The fourth-order valence-electron chi connectivity index (χ4n) is 2.91. The zero-order valence-electron chi connectivity index (χ0n) is 15.2. The Hall–Kier alpha value is -1.61. The number of hydrogen-bond acceptors (Lipinski definition) is 6. The predicted molar refractivity (Wildman–Crippen MR) is 95.1 cm³/mol. The van der Waals surface area contributed by atoms with Gasteiger partial charge in [-0.1, -0.05) is 13.8 Å². The van der Waals surface area contributed by atoms with Crippen LogP contribution in [0, 0.1) is 11.8 Å². The van der Waals surface area contributed by atoms with Crippen molar-refractivity contribution >= 4 is 11.8 Å². The quantitative estimate of drug-likeness (QED) is 0.559. The van der Waals surface area contributed by atoms with Crippen molar-refractivity contribution in [2.24, 2.45) is 11.8 Å². The van der Waals surface area contributed by atoms with Gasteiger partial charge in [-0.25, -0.2) is 4.98 Å². The molecule has 1 saturated heterocycles. The maximum atomic E-state index is 13.1. The number of alkyl halides is 3. The predicted octanol–water partition coefficient (Wildman–Crippen LogP) is 2.73. The molecule has 0 unspecified atom stereocenters. The van der Waals surface area contributed by atoms with Gasteiger partial charge in [0.1, 0.15) is 5.82 Å². The monoisotopic (exact) mass is 375 g/mol. The lowest BCUT2D eigenvalue weighted by molar-refractivity contribution is -0.141. The molecular formula is C17H28F3N5O. The Labute approximate surface area is 152 Å². The van der Waals surface area contributed by atoms with Crippen LogP contribution >= 0.6 is 0 Å². The Morgan fingerprint density at radius 1 is 1.27 bits per heavy atom. The lowest BCUT2D eigenvalue weighted by atomic mass is 9.95. The maximum absolute atomic E-state index is 13.1. The van der Waals surface area contributed by atoms with E-state index in [-0.39, 0.29) is 24.3 Å². The summed E-state index contributed by atoms with van der Waals surface area (Å²) in [6, 6.07) is 0.512. The van der Waals surface area contributed by atoms with E-state index in [1.807, 2.05) is 13.8 Å². The van der Waals surface area contributed by atoms with Gasteiger partial charge >= 0.3 is 6.18 Å². The molecule has 6 nitrogen and oxygen atoms in total. The number of nitrogens with zero attached hydrogens (tertiary/aromatic N) is 2. The zero-order valence-corrected chi connectivity index (χ0v) is 15.2. The molecule has 0 bridgehead atoms. The van der Waals surface area contributed by atoms with Crippen molar-refractivity contribution in [3.05, 3.63) is 11.8 Å². The average molecular weight is 375 g/mol. The summed E-state index contributed by atoms with van der Waals surface area (Å²) in [5.74, 6) is 0.612. The van der Waals surface area contributed by atoms with Gasteiger partial charge in [-0.05, 0) is 44.2 Å². The second-order valence-corrected chi connectivity index (χ2v) is 7.05. The van der Waals surface area contributed by atoms with Crippen LogP contribution < -0.4 is 16.0 Å². The first-order valence-electron chi connectivity index (χ1n) is 9.08. The van der Waals surface area contributed by atoms with Crippen LogP contribution in [0.15, 0.2) is 6.07 Å². The lowest BCUT2D eigenvalue weighted by Gasteiger charge is -2.23. The summed E-state index contributed by atoms with van der Waals surface area (Å²) in [5.41, 5.74) is -1.00. The highest BCUT2D eigenvalue weighted by Gasteiger charge is 2.34. The van der Waals surface area contributed by atoms with Crippen molar-refractivity contribution in [1.82, 2.24) is 15.3 Å². The number of aliphatic hydroxyl groups excluding tert-OH is 1. The molecule has 1 aliphatic rings. The van der Waals surface area contributed by atoms with Crippen LogP contribution in [0.25, 0.3) is 0 Å². The molecule has 0 aliphatic carbocycles. The van der Waals surface area contributed by atoms with Gasteiger partial charge in [0.25, 0.3) is 0 Å². The largest absolute Gasteiger partial charge is 0.433 e. The summed E-state index contributed by atoms with van der Waals surface area (Å²) in [5, 5.41) is 18.5. The van der Waals surface area contributed by atoms with E-state index in [1.54, 1.807) is 0 Å². The minimum atomic E-state index is -4.56. The Balaban J connectivity index is 2.07. The molecular weight excluding hydrogens is 347 g/mol. The number of piperidine rings is 1. The molecule has 0 aromatic carbocycles. The number of hydrogen-bond donors (Lipinski definition) is 4. The minimum absolute atomic E-state index is 0.0227. The van der Waals surface area contributed by atoms with Crippen LogP contribution in [-0.2, 0) is 6.18 Å². The third-order valence-electron chi connectivity index (χ3n) is 4.65. The summed E-state index contributed by atoms with van der Waals surface area (Å²) in [7, 11) is 0. The Kier molecular flexibility index (Phi) is 7.45. The Morgan fingerprint density at radius 2 is 1.96 bits per heavy atom. The topological polar surface area (TPSA) is 82.1 Å². The Morgan fingerprint density at radius 3 is 2.54 bits per heavy atom. The highest BCUT2D eigenvalue weighted by Crippen LogP contribution is 2.30. The molecule has 0 radical (unpaired) electrons. The number of aromatic nitrogens is 2. The van der Waals surface area contributed by atoms with Crippen LogP contribution in [0.3, 0.4) is 0 Å². The van der Waals surface area contributed by atoms with Gasteiger partial charge in [0.05, 0.1) is 12.6 Å². The molecule has 0 saturated carbocycles. The number of nitrogens with one attached hydrogen (secondary N) is 3. The third-order valence-corrected chi connectivity index (χ3v) is 4.65. The summed E-state index contributed by atoms with van der Waals surface area (Å²) in [6.07, 6.45) is -1.50. The van der Waals surface area contributed by atoms with Crippen molar-refractivity contribution in [3.63, 3.8) is 0 Å². The average Bonchev–Trinajstić information content (AvgIpc) is 2.59. The van der Waals surface area contributed by atoms with Gasteiger partial charge in [-0.3, -0.25) is 0 Å². The van der Waals surface area contributed by atoms with E-state index in [4.69, 9.17) is 0 Å². The molecule has 0 spiro atoms. The highest BCUT2D eigenvalue weighted by atomic mass is 19.4. The van der Waals surface area contributed by atoms with E-state index in [0.717, 1.165) is 38.4 Å². The molecule has 1 aliphatic heterocycles. The van der Waals surface area contributed by atoms with E-state index in [0.29, 0.717) is 12.5 Å². The van der Waals surface area contributed by atoms with Crippen LogP contribution in [0.1, 0.15) is 38.8 Å². The van der Waals surface area contributed by atoms with Crippen LogP contribution in [0.2, 0.25) is 0 Å². The molecule has 148 valence electrons. The summed E-state index contributed by atoms with van der Waals surface area (Å²) in [4.78, 5) is 7.71. The molecule has 9 heteroatoms. The molecule has 1 atom stereocenters. The number of halogens is 3. The van der Waals surface area contributed by atoms with Gasteiger partial charge in [0.2, 0.25) is 5.95 Å². The fraction of sp³-hybridized carbons (Fsp3) is 0.765. The zero-order chi connectivity index (χ0) is 19.2. The van der Waals surface area contributed by atoms with Crippen molar-refractivity contribution in [3.8, 4) is 0 Å². The molecule has 1 fully saturated rings. The first kappa shape index (κ1) is 20.7. The van der Waals surface area contributed by atoms with Gasteiger partial charge in [-0.2, -0.15) is 18.2 Å². The van der Waals surface area contributed by atoms with Gasteiger partial charge in [0.15, 0.2) is 5.69 Å². The lowest BCUT2D eigenvalue weighted by Crippen LogP contribution is -2.31. The molecule has 1 aromatic rings. The molecule has 2 rings (SSSR count). The van der Waals surface area contributed by atoms with E-state index in [2.05, 4.69) is 25.9 Å². The normalized spacial score (nSPS) is 17.3. The van der Waals surface area contributed by atoms with Gasteiger partial charge in [0, 0.05) is 12.6 Å². The molecule has 0 amide bonds. The first-order valence-corrected chi connectivity index (χ1v) is 9.08.